The smallest absolute Gasteiger partial charge is 0.397 e. The highest BCUT2D eigenvalue weighted by Crippen LogP contribution is 1.91. The number of nitrogens with one attached hydrogen (secondary N) is 1. The van der Waals surface area contributed by atoms with Crippen LogP contribution in [0.2, 0.25) is 0 Å². The Morgan fingerprint density at radius 1 is 1.29 bits per heavy atom. The Morgan fingerprint density at radius 2 is 1.88 bits per heavy atom. The SMILES string of the molecule is CCOC(=O)C(=O)N(C)CC(=O)NCC(C)C. The molecule has 0 aliphatic heterocycles. The third-order valence-electron chi connectivity index (χ3n) is 1.89. The molecule has 0 aromatic carbocycles. The van der Waals surface area contributed by atoms with Crippen molar-refractivity contribution in [2.45, 2.75) is 20.8 Å². The number of hydrogen-bond donors (Lipinski definition) is 1. The zero-order valence-electron chi connectivity index (χ0n) is 10.8. The summed E-state index contributed by atoms with van der Waals surface area (Å²) >= 11 is 0. The highest BCUT2D eigenvalue weighted by molar-refractivity contribution is 6.32. The quantitative estimate of drug-likeness (QED) is 0.536. The minimum Gasteiger partial charge on any atom is -0.459 e. The summed E-state index contributed by atoms with van der Waals surface area (Å²) in [6, 6.07) is 0. The molecule has 98 valence electrons. The fraction of sp³-hybridized carbons (Fsp3) is 0.727. The van der Waals surface area contributed by atoms with E-state index >= 15 is 0 Å². The number of esters is 1. The minimum atomic E-state index is -0.938. The van der Waals surface area contributed by atoms with Crippen LogP contribution < -0.4 is 5.32 Å². The summed E-state index contributed by atoms with van der Waals surface area (Å²) in [6.45, 7) is 6.07. The molecular formula is C11H20N2O4. The van der Waals surface area contributed by atoms with E-state index in [4.69, 9.17) is 0 Å². The van der Waals surface area contributed by atoms with E-state index in [1.54, 1.807) is 6.92 Å². The monoisotopic (exact) mass is 244 g/mol. The van der Waals surface area contributed by atoms with Crippen molar-refractivity contribution in [3.05, 3.63) is 0 Å². The Hall–Kier alpha value is -1.59. The lowest BCUT2D eigenvalue weighted by Gasteiger charge is -2.16. The van der Waals surface area contributed by atoms with E-state index in [9.17, 15) is 14.4 Å². The average Bonchev–Trinajstić information content (AvgIpc) is 2.25. The van der Waals surface area contributed by atoms with Gasteiger partial charge in [-0.2, -0.15) is 0 Å². The van der Waals surface area contributed by atoms with E-state index < -0.39 is 11.9 Å². The van der Waals surface area contributed by atoms with Crippen LogP contribution in [0, 0.1) is 5.92 Å². The van der Waals surface area contributed by atoms with E-state index in [1.807, 2.05) is 13.8 Å². The molecule has 0 spiro atoms. The van der Waals surface area contributed by atoms with E-state index in [2.05, 4.69) is 10.1 Å². The molecule has 6 heteroatoms. The van der Waals surface area contributed by atoms with Crippen LogP contribution in [0.5, 0.6) is 0 Å². The van der Waals surface area contributed by atoms with Gasteiger partial charge in [0.2, 0.25) is 5.91 Å². The maximum Gasteiger partial charge on any atom is 0.397 e. The Bertz CT molecular complexity index is 289. The Morgan fingerprint density at radius 3 is 2.35 bits per heavy atom. The molecule has 0 aromatic heterocycles. The van der Waals surface area contributed by atoms with Crippen LogP contribution in [0.3, 0.4) is 0 Å². The topological polar surface area (TPSA) is 75.7 Å². The third-order valence-corrected chi connectivity index (χ3v) is 1.89. The second-order valence-corrected chi connectivity index (χ2v) is 4.08. The fourth-order valence-electron chi connectivity index (χ4n) is 1.01. The number of rotatable bonds is 5. The van der Waals surface area contributed by atoms with Crippen LogP contribution in [0.4, 0.5) is 0 Å². The first-order valence-electron chi connectivity index (χ1n) is 5.57. The summed E-state index contributed by atoms with van der Waals surface area (Å²) in [5.41, 5.74) is 0. The fourth-order valence-corrected chi connectivity index (χ4v) is 1.01. The summed E-state index contributed by atoms with van der Waals surface area (Å²) in [4.78, 5) is 34.9. The molecule has 0 fully saturated rings. The van der Waals surface area contributed by atoms with E-state index in [0.29, 0.717) is 12.5 Å². The molecule has 17 heavy (non-hydrogen) atoms. The second kappa shape index (κ2) is 7.65. The van der Waals surface area contributed by atoms with Gasteiger partial charge in [0.15, 0.2) is 0 Å². The number of hydrogen-bond acceptors (Lipinski definition) is 4. The number of carbonyl (C=O) groups excluding carboxylic acids is 3. The molecule has 0 aromatic rings. The van der Waals surface area contributed by atoms with Crippen LogP contribution in [0.1, 0.15) is 20.8 Å². The first kappa shape index (κ1) is 15.4. The second-order valence-electron chi connectivity index (χ2n) is 4.08. The summed E-state index contributed by atoms with van der Waals surface area (Å²) in [5, 5.41) is 2.65. The van der Waals surface area contributed by atoms with Gasteiger partial charge in [0.1, 0.15) is 0 Å². The largest absolute Gasteiger partial charge is 0.459 e. The lowest BCUT2D eigenvalue weighted by molar-refractivity contribution is -0.159. The van der Waals surface area contributed by atoms with Gasteiger partial charge in [0.05, 0.1) is 13.2 Å². The van der Waals surface area contributed by atoms with Gasteiger partial charge in [0, 0.05) is 13.6 Å². The summed E-state index contributed by atoms with van der Waals surface area (Å²) in [7, 11) is 1.38. The lowest BCUT2D eigenvalue weighted by atomic mass is 10.2. The molecule has 1 N–H and O–H groups in total. The van der Waals surface area contributed by atoms with Crippen molar-refractivity contribution in [2.75, 3.05) is 26.7 Å². The van der Waals surface area contributed by atoms with Crippen molar-refractivity contribution in [3.8, 4) is 0 Å². The first-order valence-corrected chi connectivity index (χ1v) is 5.57. The van der Waals surface area contributed by atoms with Gasteiger partial charge in [0.25, 0.3) is 0 Å². The van der Waals surface area contributed by atoms with Crippen molar-refractivity contribution in [2.24, 2.45) is 5.92 Å². The summed E-state index contributed by atoms with van der Waals surface area (Å²) < 4.78 is 4.54. The maximum absolute atomic E-state index is 11.4. The lowest BCUT2D eigenvalue weighted by Crippen LogP contribution is -2.42. The Balaban J connectivity index is 4.07. The molecule has 0 aliphatic rings. The molecule has 0 atom stereocenters. The number of amides is 2. The molecule has 0 rings (SSSR count). The highest BCUT2D eigenvalue weighted by atomic mass is 16.5. The number of carbonyl (C=O) groups is 3. The van der Waals surface area contributed by atoms with Gasteiger partial charge in [-0.3, -0.25) is 9.59 Å². The van der Waals surface area contributed by atoms with Crippen molar-refractivity contribution >= 4 is 17.8 Å². The Labute approximate surface area is 101 Å². The van der Waals surface area contributed by atoms with Crippen LogP contribution in [-0.4, -0.2) is 49.4 Å². The standard InChI is InChI=1S/C11H20N2O4/c1-5-17-11(16)10(15)13(4)7-9(14)12-6-8(2)3/h8H,5-7H2,1-4H3,(H,12,14). The van der Waals surface area contributed by atoms with Crippen molar-refractivity contribution in [3.63, 3.8) is 0 Å². The van der Waals surface area contributed by atoms with E-state index in [0.717, 1.165) is 4.90 Å². The van der Waals surface area contributed by atoms with Gasteiger partial charge in [-0.1, -0.05) is 13.8 Å². The van der Waals surface area contributed by atoms with Crippen LogP contribution in [-0.2, 0) is 19.1 Å². The van der Waals surface area contributed by atoms with Gasteiger partial charge >= 0.3 is 11.9 Å². The highest BCUT2D eigenvalue weighted by Gasteiger charge is 2.21. The summed E-state index contributed by atoms with van der Waals surface area (Å²) in [6.07, 6.45) is 0. The molecule has 0 saturated carbocycles. The number of likely N-dealkylation sites (N-methyl/N-ethyl adjacent to an activating group) is 1. The molecule has 6 nitrogen and oxygen atoms in total. The zero-order valence-corrected chi connectivity index (χ0v) is 10.8. The van der Waals surface area contributed by atoms with Crippen LogP contribution >= 0.6 is 0 Å². The Kier molecular flexibility index (Phi) is 6.93. The number of ether oxygens (including phenoxy) is 1. The molecular weight excluding hydrogens is 224 g/mol. The molecule has 0 radical (unpaired) electrons. The normalized spacial score (nSPS) is 9.94. The molecule has 0 aliphatic carbocycles. The number of nitrogens with zero attached hydrogens (tertiary/aromatic N) is 1. The van der Waals surface area contributed by atoms with Crippen molar-refractivity contribution in [1.82, 2.24) is 10.2 Å². The van der Waals surface area contributed by atoms with Crippen molar-refractivity contribution in [1.29, 1.82) is 0 Å². The predicted molar refractivity (Wildman–Crippen MR) is 62.1 cm³/mol. The molecule has 0 heterocycles. The molecule has 0 saturated heterocycles. The molecule has 2 amide bonds. The van der Waals surface area contributed by atoms with Crippen LogP contribution in [0.15, 0.2) is 0 Å². The predicted octanol–water partition coefficient (Wildman–Crippen LogP) is -0.220. The van der Waals surface area contributed by atoms with Crippen LogP contribution in [0.25, 0.3) is 0 Å². The molecule has 0 unspecified atom stereocenters. The van der Waals surface area contributed by atoms with Crippen molar-refractivity contribution < 1.29 is 19.1 Å². The molecule has 0 bridgehead atoms. The van der Waals surface area contributed by atoms with E-state index in [-0.39, 0.29) is 19.1 Å². The van der Waals surface area contributed by atoms with E-state index in [1.165, 1.54) is 7.05 Å². The summed E-state index contributed by atoms with van der Waals surface area (Å²) in [5.74, 6) is -1.71. The van der Waals surface area contributed by atoms with Gasteiger partial charge in [-0.05, 0) is 12.8 Å². The minimum absolute atomic E-state index is 0.137. The maximum atomic E-state index is 11.4. The van der Waals surface area contributed by atoms with Gasteiger partial charge in [-0.25, -0.2) is 4.79 Å². The van der Waals surface area contributed by atoms with Gasteiger partial charge < -0.3 is 15.0 Å². The third kappa shape index (κ3) is 6.55. The average molecular weight is 244 g/mol. The van der Waals surface area contributed by atoms with Gasteiger partial charge in [-0.15, -0.1) is 0 Å². The first-order chi connectivity index (χ1) is 7.88. The zero-order chi connectivity index (χ0) is 13.4.